The molecule has 3 aromatic rings. The minimum absolute atomic E-state index is 0.0949. The molecule has 0 radical (unpaired) electrons. The predicted molar refractivity (Wildman–Crippen MR) is 112 cm³/mol. The van der Waals surface area contributed by atoms with E-state index in [-0.39, 0.29) is 17.7 Å². The summed E-state index contributed by atoms with van der Waals surface area (Å²) < 4.78 is 5.18. The number of nitriles is 1. The fourth-order valence-corrected chi connectivity index (χ4v) is 3.59. The third-order valence-corrected chi connectivity index (χ3v) is 4.84. The summed E-state index contributed by atoms with van der Waals surface area (Å²) in [4.78, 5) is 29.2. The van der Waals surface area contributed by atoms with E-state index >= 15 is 0 Å². The molecule has 144 valence electrons. The molecule has 0 spiro atoms. The summed E-state index contributed by atoms with van der Waals surface area (Å²) >= 11 is 1.21. The number of pyridine rings is 1. The molecule has 0 unspecified atom stereocenters. The number of nitrogens with one attached hydrogen (secondary N) is 1. The summed E-state index contributed by atoms with van der Waals surface area (Å²) in [6, 6.07) is 14.7. The molecule has 1 aromatic carbocycles. The first kappa shape index (κ1) is 20.0. The van der Waals surface area contributed by atoms with Crippen LogP contribution in [0.4, 0.5) is 5.00 Å². The van der Waals surface area contributed by atoms with Crippen LogP contribution in [0.5, 0.6) is 0 Å². The number of carbonyl (C=O) groups is 2. The summed E-state index contributed by atoms with van der Waals surface area (Å²) in [7, 11) is 0. The van der Waals surface area contributed by atoms with Gasteiger partial charge >= 0.3 is 5.97 Å². The Kier molecular flexibility index (Phi) is 6.51. The van der Waals surface area contributed by atoms with Gasteiger partial charge in [-0.1, -0.05) is 36.4 Å². The van der Waals surface area contributed by atoms with Crippen molar-refractivity contribution in [1.29, 1.82) is 5.26 Å². The zero-order chi connectivity index (χ0) is 20.6. The van der Waals surface area contributed by atoms with Gasteiger partial charge in [-0.25, -0.2) is 4.79 Å². The molecule has 2 heterocycles. The van der Waals surface area contributed by atoms with Gasteiger partial charge in [0.25, 0.3) is 5.91 Å². The second kappa shape index (κ2) is 9.44. The van der Waals surface area contributed by atoms with Crippen molar-refractivity contribution in [3.8, 4) is 17.2 Å². The van der Waals surface area contributed by atoms with Crippen LogP contribution in [-0.4, -0.2) is 23.5 Å². The fourth-order valence-electron chi connectivity index (χ4n) is 2.63. The molecule has 0 saturated carbocycles. The predicted octanol–water partition coefficient (Wildman–Crippen LogP) is 4.53. The average molecular weight is 403 g/mol. The lowest BCUT2D eigenvalue weighted by Gasteiger charge is -2.08. The molecule has 3 rings (SSSR count). The highest BCUT2D eigenvalue weighted by atomic mass is 32.1. The molecule has 0 saturated heterocycles. The lowest BCUT2D eigenvalue weighted by atomic mass is 10.0. The van der Waals surface area contributed by atoms with Crippen LogP contribution in [0.15, 0.2) is 65.8 Å². The van der Waals surface area contributed by atoms with Crippen LogP contribution in [0.3, 0.4) is 0 Å². The van der Waals surface area contributed by atoms with Crippen molar-refractivity contribution >= 4 is 34.3 Å². The molecule has 0 aliphatic heterocycles. The van der Waals surface area contributed by atoms with Crippen molar-refractivity contribution < 1.29 is 14.3 Å². The maximum atomic E-state index is 12.7. The minimum Gasteiger partial charge on any atom is -0.462 e. The fraction of sp³-hybridized carbons (Fsp3) is 0.0909. The maximum absolute atomic E-state index is 12.7. The topological polar surface area (TPSA) is 92.1 Å². The number of thiophene rings is 1. The molecular formula is C22H17N3O3S. The summed E-state index contributed by atoms with van der Waals surface area (Å²) in [5.41, 5.74) is 2.30. The number of benzene rings is 1. The Morgan fingerprint density at radius 1 is 1.24 bits per heavy atom. The van der Waals surface area contributed by atoms with Crippen LogP contribution in [0.2, 0.25) is 0 Å². The van der Waals surface area contributed by atoms with Crippen LogP contribution < -0.4 is 5.32 Å². The van der Waals surface area contributed by atoms with E-state index in [9.17, 15) is 14.9 Å². The summed E-state index contributed by atoms with van der Waals surface area (Å²) in [6.45, 7) is 1.93. The lowest BCUT2D eigenvalue weighted by molar-refractivity contribution is -0.112. The Labute approximate surface area is 172 Å². The second-order valence-corrected chi connectivity index (χ2v) is 6.73. The number of rotatable bonds is 6. The van der Waals surface area contributed by atoms with Crippen molar-refractivity contribution in [3.63, 3.8) is 0 Å². The third-order valence-electron chi connectivity index (χ3n) is 3.94. The standard InChI is InChI=1S/C22H17N3O3S/c1-2-28-22(27)19-18(16-8-4-3-5-9-16)14-29-21(19)25-20(26)17(12-23)11-15-7-6-10-24-13-15/h3-11,13-14H,2H2,1H3,(H,25,26). The van der Waals surface area contributed by atoms with E-state index in [2.05, 4.69) is 10.3 Å². The van der Waals surface area contributed by atoms with Gasteiger partial charge in [0.15, 0.2) is 0 Å². The average Bonchev–Trinajstić information content (AvgIpc) is 3.17. The first-order valence-corrected chi connectivity index (χ1v) is 9.69. The number of ether oxygens (including phenoxy) is 1. The van der Waals surface area contributed by atoms with Crippen molar-refractivity contribution in [3.05, 3.63) is 76.9 Å². The van der Waals surface area contributed by atoms with Gasteiger partial charge in [0.2, 0.25) is 0 Å². The van der Waals surface area contributed by atoms with Crippen LogP contribution >= 0.6 is 11.3 Å². The zero-order valence-corrected chi connectivity index (χ0v) is 16.4. The van der Waals surface area contributed by atoms with Gasteiger partial charge < -0.3 is 10.1 Å². The smallest absolute Gasteiger partial charge is 0.341 e. The Balaban J connectivity index is 1.95. The lowest BCUT2D eigenvalue weighted by Crippen LogP contribution is -2.16. The molecule has 1 amide bonds. The highest BCUT2D eigenvalue weighted by Gasteiger charge is 2.23. The van der Waals surface area contributed by atoms with Crippen LogP contribution in [0.25, 0.3) is 17.2 Å². The monoisotopic (exact) mass is 403 g/mol. The van der Waals surface area contributed by atoms with Crippen molar-refractivity contribution in [2.24, 2.45) is 0 Å². The molecular weight excluding hydrogens is 386 g/mol. The molecule has 6 nitrogen and oxygen atoms in total. The number of carbonyl (C=O) groups excluding carboxylic acids is 2. The molecule has 0 fully saturated rings. The largest absolute Gasteiger partial charge is 0.462 e. The number of hydrogen-bond acceptors (Lipinski definition) is 6. The number of nitrogens with zero attached hydrogens (tertiary/aromatic N) is 2. The van der Waals surface area contributed by atoms with E-state index in [4.69, 9.17) is 4.74 Å². The number of amides is 1. The van der Waals surface area contributed by atoms with E-state index < -0.39 is 11.9 Å². The van der Waals surface area contributed by atoms with Crippen molar-refractivity contribution in [2.75, 3.05) is 11.9 Å². The normalized spacial score (nSPS) is 10.8. The Hall–Kier alpha value is -3.76. The maximum Gasteiger partial charge on any atom is 0.341 e. The van der Waals surface area contributed by atoms with E-state index in [0.717, 1.165) is 5.56 Å². The van der Waals surface area contributed by atoms with Crippen molar-refractivity contribution in [2.45, 2.75) is 6.92 Å². The Morgan fingerprint density at radius 2 is 2.03 bits per heavy atom. The molecule has 0 aliphatic rings. The highest BCUT2D eigenvalue weighted by Crippen LogP contribution is 2.36. The number of esters is 1. The van der Waals surface area contributed by atoms with Gasteiger partial charge in [0.1, 0.15) is 22.2 Å². The first-order valence-electron chi connectivity index (χ1n) is 8.81. The molecule has 0 aliphatic carbocycles. The Morgan fingerprint density at radius 3 is 2.69 bits per heavy atom. The van der Waals surface area contributed by atoms with E-state index in [1.807, 2.05) is 36.4 Å². The molecule has 1 N–H and O–H groups in total. The number of anilines is 1. The van der Waals surface area contributed by atoms with E-state index in [0.29, 0.717) is 16.1 Å². The summed E-state index contributed by atoms with van der Waals surface area (Å²) in [5.74, 6) is -1.14. The van der Waals surface area contributed by atoms with Gasteiger partial charge in [0.05, 0.1) is 6.61 Å². The van der Waals surface area contributed by atoms with Gasteiger partial charge in [-0.05, 0) is 30.2 Å². The van der Waals surface area contributed by atoms with Crippen LogP contribution in [-0.2, 0) is 9.53 Å². The molecule has 2 aromatic heterocycles. The van der Waals surface area contributed by atoms with Crippen molar-refractivity contribution in [1.82, 2.24) is 4.98 Å². The molecule has 7 heteroatoms. The zero-order valence-electron chi connectivity index (χ0n) is 15.6. The van der Waals surface area contributed by atoms with E-state index in [1.165, 1.54) is 17.4 Å². The van der Waals surface area contributed by atoms with Crippen LogP contribution in [0, 0.1) is 11.3 Å². The van der Waals surface area contributed by atoms with E-state index in [1.54, 1.807) is 36.8 Å². The van der Waals surface area contributed by atoms with Gasteiger partial charge in [-0.2, -0.15) is 5.26 Å². The quantitative estimate of drug-likeness (QED) is 0.371. The van der Waals surface area contributed by atoms with Gasteiger partial charge in [0, 0.05) is 23.3 Å². The highest BCUT2D eigenvalue weighted by molar-refractivity contribution is 7.15. The van der Waals surface area contributed by atoms with Gasteiger partial charge in [-0.3, -0.25) is 9.78 Å². The first-order chi connectivity index (χ1) is 14.1. The second-order valence-electron chi connectivity index (χ2n) is 5.85. The summed E-state index contributed by atoms with van der Waals surface area (Å²) in [6.07, 6.45) is 4.59. The minimum atomic E-state index is -0.608. The molecule has 0 atom stereocenters. The number of aromatic nitrogens is 1. The third kappa shape index (κ3) is 4.75. The molecule has 29 heavy (non-hydrogen) atoms. The molecule has 0 bridgehead atoms. The van der Waals surface area contributed by atoms with Gasteiger partial charge in [-0.15, -0.1) is 11.3 Å². The number of hydrogen-bond donors (Lipinski definition) is 1. The Bertz CT molecular complexity index is 1080. The SMILES string of the molecule is CCOC(=O)c1c(-c2ccccc2)csc1NC(=O)C(C#N)=Cc1cccnc1. The summed E-state index contributed by atoms with van der Waals surface area (Å²) in [5, 5.41) is 14.2. The van der Waals surface area contributed by atoms with Crippen LogP contribution in [0.1, 0.15) is 22.8 Å².